The van der Waals surface area contributed by atoms with Crippen molar-refractivity contribution in [1.29, 1.82) is 0 Å². The van der Waals surface area contributed by atoms with Gasteiger partial charge in [0.05, 0.1) is 0 Å². The number of carbonyl (C=O) groups excluding carboxylic acids is 3. The fourth-order valence-corrected chi connectivity index (χ4v) is 10.7. The summed E-state index contributed by atoms with van der Waals surface area (Å²) in [5.74, 6) is -0.876. The van der Waals surface area contributed by atoms with Crippen LogP contribution in [0.1, 0.15) is 380 Å². The highest BCUT2D eigenvalue weighted by Crippen LogP contribution is 2.18. The molecule has 0 aliphatic rings. The van der Waals surface area contributed by atoms with Gasteiger partial charge in [0.2, 0.25) is 0 Å². The molecular weight excluding hydrogens is 1020 g/mol. The molecule has 0 aromatic rings. The van der Waals surface area contributed by atoms with Crippen LogP contribution in [0.4, 0.5) is 0 Å². The van der Waals surface area contributed by atoms with Crippen molar-refractivity contribution in [1.82, 2.24) is 0 Å². The minimum absolute atomic E-state index is 0.0786. The molecule has 0 heterocycles. The van der Waals surface area contributed by atoms with Crippen molar-refractivity contribution in [3.05, 3.63) is 72.9 Å². The molecule has 1 unspecified atom stereocenters. The number of hydrogen-bond donors (Lipinski definition) is 0. The van der Waals surface area contributed by atoms with Gasteiger partial charge in [-0.2, -0.15) is 0 Å². The third-order valence-electron chi connectivity index (χ3n) is 16.2. The van der Waals surface area contributed by atoms with Crippen molar-refractivity contribution in [2.24, 2.45) is 0 Å². The molecule has 83 heavy (non-hydrogen) atoms. The first-order valence-corrected chi connectivity index (χ1v) is 36.4. The van der Waals surface area contributed by atoms with E-state index in [1.807, 2.05) is 0 Å². The van der Waals surface area contributed by atoms with Gasteiger partial charge in [0.25, 0.3) is 0 Å². The zero-order valence-corrected chi connectivity index (χ0v) is 55.5. The number of ether oxygens (including phenoxy) is 3. The number of carbonyl (C=O) groups is 3. The maximum atomic E-state index is 13.0. The molecule has 0 spiro atoms. The molecule has 6 nitrogen and oxygen atoms in total. The van der Waals surface area contributed by atoms with Crippen LogP contribution in [0.2, 0.25) is 0 Å². The maximum Gasteiger partial charge on any atom is 0.306 e. The van der Waals surface area contributed by atoms with Gasteiger partial charge in [0.1, 0.15) is 13.2 Å². The summed E-state index contributed by atoms with van der Waals surface area (Å²) in [6.07, 6.45) is 93.7. The fraction of sp³-hybridized carbons (Fsp3) is 0.805. The van der Waals surface area contributed by atoms with Crippen LogP contribution in [0.15, 0.2) is 72.9 Å². The van der Waals surface area contributed by atoms with Gasteiger partial charge in [-0.25, -0.2) is 0 Å². The predicted octanol–water partition coefficient (Wildman–Crippen LogP) is 25.2. The summed E-state index contributed by atoms with van der Waals surface area (Å²) in [5, 5.41) is 0. The molecule has 1 atom stereocenters. The number of rotatable bonds is 67. The van der Waals surface area contributed by atoms with Crippen molar-refractivity contribution < 1.29 is 28.6 Å². The highest BCUT2D eigenvalue weighted by atomic mass is 16.6. The molecule has 0 rings (SSSR count). The lowest BCUT2D eigenvalue weighted by Crippen LogP contribution is -2.30. The number of unbranched alkanes of at least 4 members (excludes halogenated alkanes) is 44. The van der Waals surface area contributed by atoms with Gasteiger partial charge in [-0.15, -0.1) is 0 Å². The Morgan fingerprint density at radius 2 is 0.470 bits per heavy atom. The quantitative estimate of drug-likeness (QED) is 0.0261. The molecule has 0 bridgehead atoms. The maximum absolute atomic E-state index is 13.0. The molecule has 0 aliphatic heterocycles. The molecule has 482 valence electrons. The number of hydrogen-bond acceptors (Lipinski definition) is 6. The summed E-state index contributed by atoms with van der Waals surface area (Å²) in [6.45, 7) is 6.56. The van der Waals surface area contributed by atoms with Gasteiger partial charge in [-0.3, -0.25) is 14.4 Å². The van der Waals surface area contributed by atoms with E-state index in [1.165, 1.54) is 238 Å². The first-order chi connectivity index (χ1) is 41.0. The van der Waals surface area contributed by atoms with Gasteiger partial charge in [-0.1, -0.05) is 325 Å². The molecule has 0 aliphatic carbocycles. The molecule has 0 saturated carbocycles. The fourth-order valence-electron chi connectivity index (χ4n) is 10.7. The highest BCUT2D eigenvalue weighted by Gasteiger charge is 2.19. The van der Waals surface area contributed by atoms with Crippen molar-refractivity contribution >= 4 is 17.9 Å². The van der Waals surface area contributed by atoms with Crippen LogP contribution in [0.3, 0.4) is 0 Å². The van der Waals surface area contributed by atoms with E-state index in [2.05, 4.69) is 93.7 Å². The lowest BCUT2D eigenvalue weighted by Gasteiger charge is -2.18. The summed E-state index contributed by atoms with van der Waals surface area (Å²) >= 11 is 0. The Morgan fingerprint density at radius 1 is 0.253 bits per heavy atom. The molecule has 0 radical (unpaired) electrons. The van der Waals surface area contributed by atoms with E-state index in [1.54, 1.807) is 0 Å². The zero-order chi connectivity index (χ0) is 59.9. The lowest BCUT2D eigenvalue weighted by atomic mass is 10.0. The predicted molar refractivity (Wildman–Crippen MR) is 362 cm³/mol. The Hall–Kier alpha value is -3.15. The zero-order valence-electron chi connectivity index (χ0n) is 55.5. The molecule has 0 N–H and O–H groups in total. The van der Waals surface area contributed by atoms with E-state index in [9.17, 15) is 14.4 Å². The van der Waals surface area contributed by atoms with E-state index in [-0.39, 0.29) is 31.1 Å². The van der Waals surface area contributed by atoms with E-state index < -0.39 is 6.10 Å². The van der Waals surface area contributed by atoms with Crippen LogP contribution in [0.5, 0.6) is 0 Å². The average Bonchev–Trinajstić information content (AvgIpc) is 3.49. The van der Waals surface area contributed by atoms with Crippen LogP contribution in [-0.2, 0) is 28.6 Å². The van der Waals surface area contributed by atoms with Gasteiger partial charge < -0.3 is 14.2 Å². The van der Waals surface area contributed by atoms with Gasteiger partial charge in [0, 0.05) is 19.3 Å². The standard InChI is InChI=1S/C77H138O6/c1-4-7-10-13-16-19-22-25-28-30-32-34-35-36-37-38-39-40-41-43-44-46-49-52-55-58-61-64-67-70-76(79)82-73-74(72-81-75(78)69-66-63-60-57-54-51-48-27-24-21-18-15-12-9-6-3)83-77(80)71-68-65-62-59-56-53-50-47-45-42-33-31-29-26-23-20-17-14-11-8-5-2/h9,12,18,21-22,25,27,30-33,48,74H,4-8,10-11,13-17,19-20,23-24,26,28-29,34-47,49-73H2,1-3H3/b12-9-,21-18-,25-22-,32-30-,33-31-,48-27-. The highest BCUT2D eigenvalue weighted by molar-refractivity contribution is 5.71. The molecule has 0 saturated heterocycles. The topological polar surface area (TPSA) is 78.9 Å². The Balaban J connectivity index is 4.26. The van der Waals surface area contributed by atoms with Crippen LogP contribution in [0, 0.1) is 0 Å². The Bertz CT molecular complexity index is 1520. The van der Waals surface area contributed by atoms with Crippen molar-refractivity contribution in [2.75, 3.05) is 13.2 Å². The third-order valence-corrected chi connectivity index (χ3v) is 16.2. The Morgan fingerprint density at radius 3 is 0.747 bits per heavy atom. The number of esters is 3. The van der Waals surface area contributed by atoms with Crippen molar-refractivity contribution in [3.8, 4) is 0 Å². The smallest absolute Gasteiger partial charge is 0.306 e. The summed E-state index contributed by atoms with van der Waals surface area (Å²) in [6, 6.07) is 0. The third kappa shape index (κ3) is 69.5. The monoisotopic (exact) mass is 1160 g/mol. The minimum Gasteiger partial charge on any atom is -0.462 e. The number of allylic oxidation sites excluding steroid dienone is 12. The normalized spacial score (nSPS) is 12.5. The Kier molecular flexibility index (Phi) is 68.6. The summed E-state index contributed by atoms with van der Waals surface area (Å²) < 4.78 is 17.0. The van der Waals surface area contributed by atoms with Crippen molar-refractivity contribution in [2.45, 2.75) is 386 Å². The molecule has 6 heteroatoms. The van der Waals surface area contributed by atoms with Crippen LogP contribution >= 0.6 is 0 Å². The lowest BCUT2D eigenvalue weighted by molar-refractivity contribution is -0.167. The molecule has 0 aromatic heterocycles. The Labute approximate surface area is 516 Å². The SMILES string of the molecule is CC/C=C\C/C=C\C/C=C\CCCCCCCC(=O)OCC(COC(=O)CCCCCCCCCCCCCCCCCCC/C=C\C/C=C\CCCCCCC)OC(=O)CCCCCCCCCCC/C=C\CCCCCCCCCC. The second kappa shape index (κ2) is 71.3. The van der Waals surface area contributed by atoms with Gasteiger partial charge >= 0.3 is 17.9 Å². The summed E-state index contributed by atoms with van der Waals surface area (Å²) in [7, 11) is 0. The average molecular weight is 1160 g/mol. The van der Waals surface area contributed by atoms with E-state index >= 15 is 0 Å². The van der Waals surface area contributed by atoms with Crippen LogP contribution in [-0.4, -0.2) is 37.2 Å². The van der Waals surface area contributed by atoms with E-state index in [0.717, 1.165) is 103 Å². The van der Waals surface area contributed by atoms with Crippen molar-refractivity contribution in [3.63, 3.8) is 0 Å². The van der Waals surface area contributed by atoms with Crippen LogP contribution < -0.4 is 0 Å². The van der Waals surface area contributed by atoms with Crippen LogP contribution in [0.25, 0.3) is 0 Å². The molecule has 0 fully saturated rings. The minimum atomic E-state index is -0.785. The first kappa shape index (κ1) is 79.8. The summed E-state index contributed by atoms with van der Waals surface area (Å²) in [5.41, 5.74) is 0. The van der Waals surface area contributed by atoms with Gasteiger partial charge in [-0.05, 0) is 109 Å². The molecule has 0 aromatic carbocycles. The molecule has 0 amide bonds. The van der Waals surface area contributed by atoms with Gasteiger partial charge in [0.15, 0.2) is 6.10 Å². The first-order valence-electron chi connectivity index (χ1n) is 36.4. The van der Waals surface area contributed by atoms with E-state index in [0.29, 0.717) is 19.3 Å². The molecular formula is C77H138O6. The second-order valence-electron chi connectivity index (χ2n) is 24.5. The largest absolute Gasteiger partial charge is 0.462 e. The second-order valence-corrected chi connectivity index (χ2v) is 24.5. The van der Waals surface area contributed by atoms with E-state index in [4.69, 9.17) is 14.2 Å². The summed E-state index contributed by atoms with van der Waals surface area (Å²) in [4.78, 5) is 38.5.